The number of aromatic nitrogens is 2. The number of fused-ring (bicyclic) bond motifs is 1. The van der Waals surface area contributed by atoms with Gasteiger partial charge in [-0.15, -0.1) is 0 Å². The number of hydrogen-bond donors (Lipinski definition) is 3. The molecule has 1 amide bonds. The lowest BCUT2D eigenvalue weighted by atomic mass is 10.1. The quantitative estimate of drug-likeness (QED) is 0.659. The molecule has 1 aromatic heterocycles. The van der Waals surface area contributed by atoms with Crippen molar-refractivity contribution in [1.82, 2.24) is 15.1 Å². The summed E-state index contributed by atoms with van der Waals surface area (Å²) in [6.45, 7) is 1.33. The molecule has 4 N–H and O–H groups in total. The van der Waals surface area contributed by atoms with Crippen LogP contribution in [-0.4, -0.2) is 40.1 Å². The van der Waals surface area contributed by atoms with Crippen LogP contribution in [0.15, 0.2) is 48.7 Å². The zero-order valence-electron chi connectivity index (χ0n) is 14.2. The molecule has 0 radical (unpaired) electrons. The number of benzene rings is 2. The van der Waals surface area contributed by atoms with Gasteiger partial charge >= 0.3 is 0 Å². The first-order valence-electron chi connectivity index (χ1n) is 8.59. The minimum absolute atomic E-state index is 0.0677. The van der Waals surface area contributed by atoms with Crippen molar-refractivity contribution >= 4 is 34.1 Å². The largest absolute Gasteiger partial charge is 0.380 e. The number of rotatable bonds is 4. The van der Waals surface area contributed by atoms with Gasteiger partial charge in [0.15, 0.2) is 0 Å². The van der Waals surface area contributed by atoms with Crippen molar-refractivity contribution in [3.63, 3.8) is 0 Å². The van der Waals surface area contributed by atoms with Crippen molar-refractivity contribution in [2.45, 2.75) is 18.5 Å². The Kier molecular flexibility index (Phi) is 4.53. The Hall–Kier alpha value is -2.57. The van der Waals surface area contributed by atoms with E-state index in [-0.39, 0.29) is 11.9 Å². The summed E-state index contributed by atoms with van der Waals surface area (Å²) in [5, 5.41) is 12.1. The third-order valence-electron chi connectivity index (χ3n) is 4.78. The molecule has 1 saturated heterocycles. The molecule has 0 bridgehead atoms. The van der Waals surface area contributed by atoms with E-state index >= 15 is 0 Å². The Labute approximate surface area is 156 Å². The Bertz CT molecular complexity index is 940. The molecule has 0 spiro atoms. The summed E-state index contributed by atoms with van der Waals surface area (Å²) >= 11 is 6.00. The van der Waals surface area contributed by atoms with Crippen molar-refractivity contribution in [3.05, 3.63) is 59.2 Å². The summed E-state index contributed by atoms with van der Waals surface area (Å²) in [4.78, 5) is 14.5. The SMILES string of the molecule is NC(C(=O)N1CCC(Nc2ccc3[nH]ncc3c2)C1)c1cccc(Cl)c1. The van der Waals surface area contributed by atoms with Gasteiger partial charge in [-0.25, -0.2) is 0 Å². The molecule has 3 aromatic rings. The zero-order valence-corrected chi connectivity index (χ0v) is 14.9. The fourth-order valence-corrected chi connectivity index (χ4v) is 3.58. The van der Waals surface area contributed by atoms with Crippen LogP contribution in [0.3, 0.4) is 0 Å². The van der Waals surface area contributed by atoms with Crippen LogP contribution >= 0.6 is 11.6 Å². The minimum atomic E-state index is -0.685. The number of H-pyrrole nitrogens is 1. The van der Waals surface area contributed by atoms with Crippen molar-refractivity contribution < 1.29 is 4.79 Å². The number of halogens is 1. The molecule has 2 atom stereocenters. The Morgan fingerprint density at radius 1 is 1.35 bits per heavy atom. The van der Waals surface area contributed by atoms with Crippen LogP contribution in [0.4, 0.5) is 5.69 Å². The third-order valence-corrected chi connectivity index (χ3v) is 5.02. The van der Waals surface area contributed by atoms with Gasteiger partial charge in [0.1, 0.15) is 6.04 Å². The number of likely N-dealkylation sites (tertiary alicyclic amines) is 1. The van der Waals surface area contributed by atoms with E-state index < -0.39 is 6.04 Å². The van der Waals surface area contributed by atoms with Gasteiger partial charge in [0.05, 0.1) is 11.7 Å². The predicted octanol–water partition coefficient (Wildman–Crippen LogP) is 2.93. The number of nitrogens with two attached hydrogens (primary N) is 1. The number of aromatic amines is 1. The van der Waals surface area contributed by atoms with E-state index in [1.54, 1.807) is 18.3 Å². The minimum Gasteiger partial charge on any atom is -0.380 e. The lowest BCUT2D eigenvalue weighted by Crippen LogP contribution is -2.38. The monoisotopic (exact) mass is 369 g/mol. The first kappa shape index (κ1) is 16.9. The van der Waals surface area contributed by atoms with Gasteiger partial charge in [-0.05, 0) is 42.3 Å². The molecule has 1 aliphatic rings. The van der Waals surface area contributed by atoms with Gasteiger partial charge in [-0.2, -0.15) is 5.10 Å². The van der Waals surface area contributed by atoms with Crippen LogP contribution in [0.2, 0.25) is 5.02 Å². The predicted molar refractivity (Wildman–Crippen MR) is 103 cm³/mol. The van der Waals surface area contributed by atoms with Crippen molar-refractivity contribution in [3.8, 4) is 0 Å². The molecule has 1 fully saturated rings. The number of anilines is 1. The maximum absolute atomic E-state index is 12.7. The fourth-order valence-electron chi connectivity index (χ4n) is 3.39. The highest BCUT2D eigenvalue weighted by Crippen LogP contribution is 2.23. The van der Waals surface area contributed by atoms with Crippen LogP contribution in [0.1, 0.15) is 18.0 Å². The van der Waals surface area contributed by atoms with Gasteiger partial charge in [0, 0.05) is 35.2 Å². The van der Waals surface area contributed by atoms with E-state index in [9.17, 15) is 4.79 Å². The topological polar surface area (TPSA) is 87.0 Å². The Morgan fingerprint density at radius 3 is 3.08 bits per heavy atom. The highest BCUT2D eigenvalue weighted by atomic mass is 35.5. The molecular weight excluding hydrogens is 350 g/mol. The van der Waals surface area contributed by atoms with Crippen LogP contribution in [0.5, 0.6) is 0 Å². The summed E-state index contributed by atoms with van der Waals surface area (Å²) in [5.74, 6) is -0.0677. The number of carbonyl (C=O) groups is 1. The maximum atomic E-state index is 12.7. The van der Waals surface area contributed by atoms with Gasteiger partial charge in [-0.3, -0.25) is 9.89 Å². The summed E-state index contributed by atoms with van der Waals surface area (Å²) in [7, 11) is 0. The number of nitrogens with zero attached hydrogens (tertiary/aromatic N) is 2. The van der Waals surface area contributed by atoms with Gasteiger partial charge in [0.2, 0.25) is 5.91 Å². The summed E-state index contributed by atoms with van der Waals surface area (Å²) in [6.07, 6.45) is 2.69. The third kappa shape index (κ3) is 3.38. The lowest BCUT2D eigenvalue weighted by Gasteiger charge is -2.22. The smallest absolute Gasteiger partial charge is 0.244 e. The molecular formula is C19H20ClN5O. The zero-order chi connectivity index (χ0) is 18.1. The number of amides is 1. The molecule has 0 aliphatic carbocycles. The second-order valence-electron chi connectivity index (χ2n) is 6.62. The second kappa shape index (κ2) is 6.97. The highest BCUT2D eigenvalue weighted by molar-refractivity contribution is 6.30. The van der Waals surface area contributed by atoms with Crippen LogP contribution in [-0.2, 0) is 4.79 Å². The van der Waals surface area contributed by atoms with Gasteiger partial charge < -0.3 is 16.0 Å². The number of hydrogen-bond acceptors (Lipinski definition) is 4. The van der Waals surface area contributed by atoms with Crippen molar-refractivity contribution in [2.24, 2.45) is 5.73 Å². The first-order chi connectivity index (χ1) is 12.6. The normalized spacial score (nSPS) is 18.2. The average Bonchev–Trinajstić information content (AvgIpc) is 3.29. The van der Waals surface area contributed by atoms with Crippen LogP contribution in [0.25, 0.3) is 10.9 Å². The molecule has 0 saturated carbocycles. The van der Waals surface area contributed by atoms with Crippen molar-refractivity contribution in [2.75, 3.05) is 18.4 Å². The lowest BCUT2D eigenvalue weighted by molar-refractivity contribution is -0.131. The highest BCUT2D eigenvalue weighted by Gasteiger charge is 2.30. The first-order valence-corrected chi connectivity index (χ1v) is 8.97. The van der Waals surface area contributed by atoms with Crippen LogP contribution < -0.4 is 11.1 Å². The van der Waals surface area contributed by atoms with E-state index in [1.165, 1.54) is 0 Å². The van der Waals surface area contributed by atoms with Crippen LogP contribution in [0, 0.1) is 0 Å². The van der Waals surface area contributed by atoms with E-state index in [0.717, 1.165) is 28.6 Å². The average molecular weight is 370 g/mol. The number of nitrogens with one attached hydrogen (secondary N) is 2. The summed E-state index contributed by atoms with van der Waals surface area (Å²) in [5.41, 5.74) is 8.93. The molecule has 2 aromatic carbocycles. The van der Waals surface area contributed by atoms with Gasteiger partial charge in [0.25, 0.3) is 0 Å². The fraction of sp³-hybridized carbons (Fsp3) is 0.263. The van der Waals surface area contributed by atoms with E-state index in [2.05, 4.69) is 21.6 Å². The van der Waals surface area contributed by atoms with E-state index in [1.807, 2.05) is 29.2 Å². The Balaban J connectivity index is 1.40. The maximum Gasteiger partial charge on any atom is 0.244 e. The molecule has 1 aliphatic heterocycles. The molecule has 134 valence electrons. The van der Waals surface area contributed by atoms with Gasteiger partial charge in [-0.1, -0.05) is 23.7 Å². The Morgan fingerprint density at radius 2 is 2.23 bits per heavy atom. The van der Waals surface area contributed by atoms with E-state index in [0.29, 0.717) is 18.1 Å². The standard InChI is InChI=1S/C19H20ClN5O/c20-14-3-1-2-12(8-14)18(21)19(26)25-7-6-16(11-25)23-15-4-5-17-13(9-15)10-22-24-17/h1-5,8-10,16,18,23H,6-7,11,21H2,(H,22,24). The molecule has 2 heterocycles. The molecule has 26 heavy (non-hydrogen) atoms. The molecule has 2 unspecified atom stereocenters. The molecule has 4 rings (SSSR count). The summed E-state index contributed by atoms with van der Waals surface area (Å²) in [6, 6.07) is 12.8. The summed E-state index contributed by atoms with van der Waals surface area (Å²) < 4.78 is 0. The van der Waals surface area contributed by atoms with E-state index in [4.69, 9.17) is 17.3 Å². The molecule has 6 nitrogen and oxygen atoms in total. The second-order valence-corrected chi connectivity index (χ2v) is 7.06. The number of carbonyl (C=O) groups excluding carboxylic acids is 1. The molecule has 7 heteroatoms. The van der Waals surface area contributed by atoms with Crippen molar-refractivity contribution in [1.29, 1.82) is 0 Å².